The van der Waals surface area contributed by atoms with Crippen LogP contribution in [0.5, 0.6) is 5.75 Å². The molecule has 2 saturated heterocycles. The summed E-state index contributed by atoms with van der Waals surface area (Å²) in [5.74, 6) is 1.50. The third kappa shape index (κ3) is 4.86. The minimum Gasteiger partial charge on any atom is -0.496 e. The van der Waals surface area contributed by atoms with Crippen molar-refractivity contribution in [3.63, 3.8) is 0 Å². The van der Waals surface area contributed by atoms with Gasteiger partial charge < -0.3 is 14.8 Å². The quantitative estimate of drug-likeness (QED) is 0.395. The Morgan fingerprint density at radius 3 is 2.87 bits per heavy atom. The van der Waals surface area contributed by atoms with E-state index in [1.54, 1.807) is 23.8 Å². The first-order valence-corrected chi connectivity index (χ1v) is 11.3. The lowest BCUT2D eigenvalue weighted by Crippen LogP contribution is -2.37. The third-order valence-electron chi connectivity index (χ3n) is 5.13. The van der Waals surface area contributed by atoms with Gasteiger partial charge in [0.2, 0.25) is 0 Å². The molecule has 1 unspecified atom stereocenters. The molecule has 2 aromatic rings. The summed E-state index contributed by atoms with van der Waals surface area (Å²) in [6.07, 6.45) is 3.88. The molecule has 1 amide bonds. The SMILES string of the molecule is COc1cc(/C=C2/NC(=S)N(CC3CCCO3)C2=O)ccc1CSc1ccccc1. The molecule has 156 valence electrons. The summed E-state index contributed by atoms with van der Waals surface area (Å²) in [4.78, 5) is 15.6. The van der Waals surface area contributed by atoms with Gasteiger partial charge in [0.1, 0.15) is 11.4 Å². The number of nitrogens with zero attached hydrogens (tertiary/aromatic N) is 1. The minimum absolute atomic E-state index is 0.0644. The molecule has 4 rings (SSSR count). The van der Waals surface area contributed by atoms with Gasteiger partial charge in [0.25, 0.3) is 5.91 Å². The van der Waals surface area contributed by atoms with Crippen molar-refractivity contribution in [3.8, 4) is 5.75 Å². The van der Waals surface area contributed by atoms with E-state index >= 15 is 0 Å². The van der Waals surface area contributed by atoms with Gasteiger partial charge in [0.15, 0.2) is 5.11 Å². The Kier molecular flexibility index (Phi) is 6.72. The summed E-state index contributed by atoms with van der Waals surface area (Å²) in [6, 6.07) is 16.3. The van der Waals surface area contributed by atoms with E-state index in [4.69, 9.17) is 21.7 Å². The Morgan fingerprint density at radius 2 is 2.13 bits per heavy atom. The Hall–Kier alpha value is -2.35. The standard InChI is InChI=1S/C23H24N2O3S2/c1-27-21-13-16(9-10-17(21)15-30-19-7-3-2-4-8-19)12-20-22(26)25(23(29)24-20)14-18-6-5-11-28-18/h2-4,7-10,12-13,18H,5-6,11,14-15H2,1H3,(H,24,29)/b20-12+. The largest absolute Gasteiger partial charge is 0.496 e. The summed E-state index contributed by atoms with van der Waals surface area (Å²) in [7, 11) is 1.67. The number of benzene rings is 2. The van der Waals surface area contributed by atoms with E-state index in [2.05, 4.69) is 17.4 Å². The van der Waals surface area contributed by atoms with Crippen LogP contribution in [-0.4, -0.2) is 42.3 Å². The van der Waals surface area contributed by atoms with Gasteiger partial charge >= 0.3 is 0 Å². The molecule has 0 aliphatic carbocycles. The monoisotopic (exact) mass is 440 g/mol. The van der Waals surface area contributed by atoms with E-state index in [1.807, 2.05) is 42.5 Å². The lowest BCUT2D eigenvalue weighted by Gasteiger charge is -2.18. The van der Waals surface area contributed by atoms with Crippen molar-refractivity contribution in [1.29, 1.82) is 0 Å². The van der Waals surface area contributed by atoms with Gasteiger partial charge in [0.05, 0.1) is 19.8 Å². The highest BCUT2D eigenvalue weighted by atomic mass is 32.2. The zero-order valence-electron chi connectivity index (χ0n) is 16.8. The van der Waals surface area contributed by atoms with Crippen LogP contribution in [0.4, 0.5) is 0 Å². The van der Waals surface area contributed by atoms with E-state index < -0.39 is 0 Å². The molecule has 0 aromatic heterocycles. The molecule has 2 aromatic carbocycles. The zero-order chi connectivity index (χ0) is 20.9. The van der Waals surface area contributed by atoms with Crippen LogP contribution in [0.1, 0.15) is 24.0 Å². The summed E-state index contributed by atoms with van der Waals surface area (Å²) in [6.45, 7) is 1.26. The minimum atomic E-state index is -0.113. The molecule has 2 fully saturated rings. The molecule has 0 saturated carbocycles. The first-order chi connectivity index (χ1) is 14.6. The van der Waals surface area contributed by atoms with Crippen LogP contribution in [0.25, 0.3) is 6.08 Å². The van der Waals surface area contributed by atoms with E-state index in [-0.39, 0.29) is 12.0 Å². The molecule has 2 aliphatic heterocycles. The first kappa shape index (κ1) is 20.9. The molecule has 2 aliphatic rings. The van der Waals surface area contributed by atoms with E-state index in [0.717, 1.165) is 42.1 Å². The van der Waals surface area contributed by atoms with Crippen molar-refractivity contribution >= 4 is 41.1 Å². The molecule has 5 nitrogen and oxygen atoms in total. The fourth-order valence-electron chi connectivity index (χ4n) is 3.54. The lowest BCUT2D eigenvalue weighted by molar-refractivity contribution is -0.123. The predicted molar refractivity (Wildman–Crippen MR) is 123 cm³/mol. The first-order valence-electron chi connectivity index (χ1n) is 9.95. The molecule has 2 heterocycles. The highest BCUT2D eigenvalue weighted by molar-refractivity contribution is 7.98. The summed E-state index contributed by atoms with van der Waals surface area (Å²) in [5.41, 5.74) is 2.47. The average Bonchev–Trinajstić information content (AvgIpc) is 3.37. The van der Waals surface area contributed by atoms with Gasteiger partial charge in [-0.3, -0.25) is 9.69 Å². The van der Waals surface area contributed by atoms with Crippen molar-refractivity contribution in [2.45, 2.75) is 29.6 Å². The average molecular weight is 441 g/mol. The normalized spacial score (nSPS) is 20.1. The van der Waals surface area contributed by atoms with Gasteiger partial charge in [-0.2, -0.15) is 0 Å². The van der Waals surface area contributed by atoms with Gasteiger partial charge in [-0.1, -0.05) is 30.3 Å². The number of amides is 1. The Morgan fingerprint density at radius 1 is 1.30 bits per heavy atom. The van der Waals surface area contributed by atoms with Crippen LogP contribution in [0.15, 0.2) is 59.1 Å². The Labute approximate surface area is 186 Å². The van der Waals surface area contributed by atoms with E-state index in [0.29, 0.717) is 17.4 Å². The summed E-state index contributed by atoms with van der Waals surface area (Å²) >= 11 is 7.13. The molecule has 7 heteroatoms. The highest BCUT2D eigenvalue weighted by Crippen LogP contribution is 2.29. The number of hydrogen-bond donors (Lipinski definition) is 1. The van der Waals surface area contributed by atoms with Gasteiger partial charge in [-0.25, -0.2) is 0 Å². The van der Waals surface area contributed by atoms with Gasteiger partial charge in [-0.05, 0) is 54.9 Å². The fraction of sp³-hybridized carbons (Fsp3) is 0.304. The molecule has 0 spiro atoms. The lowest BCUT2D eigenvalue weighted by atomic mass is 10.1. The van der Waals surface area contributed by atoms with Crippen molar-refractivity contribution in [1.82, 2.24) is 10.2 Å². The van der Waals surface area contributed by atoms with Crippen LogP contribution in [0.2, 0.25) is 0 Å². The molecular formula is C23H24N2O3S2. The molecule has 1 N–H and O–H groups in total. The zero-order valence-corrected chi connectivity index (χ0v) is 18.4. The number of carbonyl (C=O) groups excluding carboxylic acids is 1. The number of nitrogens with one attached hydrogen (secondary N) is 1. The van der Waals surface area contributed by atoms with Gasteiger partial charge in [-0.15, -0.1) is 11.8 Å². The number of thioether (sulfide) groups is 1. The van der Waals surface area contributed by atoms with Crippen LogP contribution in [0.3, 0.4) is 0 Å². The third-order valence-corrected chi connectivity index (χ3v) is 6.52. The van der Waals surface area contributed by atoms with Crippen molar-refractivity contribution in [2.24, 2.45) is 0 Å². The number of carbonyl (C=O) groups is 1. The highest BCUT2D eigenvalue weighted by Gasteiger charge is 2.33. The van der Waals surface area contributed by atoms with Crippen LogP contribution in [0, 0.1) is 0 Å². The maximum absolute atomic E-state index is 12.8. The topological polar surface area (TPSA) is 50.8 Å². The maximum Gasteiger partial charge on any atom is 0.276 e. The van der Waals surface area contributed by atoms with Crippen molar-refractivity contribution < 1.29 is 14.3 Å². The second-order valence-electron chi connectivity index (χ2n) is 7.21. The number of thiocarbonyl (C=S) groups is 1. The molecule has 0 bridgehead atoms. The molecule has 1 atom stereocenters. The summed E-state index contributed by atoms with van der Waals surface area (Å²) in [5, 5.41) is 3.48. The summed E-state index contributed by atoms with van der Waals surface area (Å²) < 4.78 is 11.2. The second kappa shape index (κ2) is 9.64. The van der Waals surface area contributed by atoms with E-state index in [9.17, 15) is 4.79 Å². The second-order valence-corrected chi connectivity index (χ2v) is 8.65. The Balaban J connectivity index is 1.46. The number of hydrogen-bond acceptors (Lipinski definition) is 5. The number of rotatable bonds is 7. The van der Waals surface area contributed by atoms with Crippen LogP contribution < -0.4 is 10.1 Å². The van der Waals surface area contributed by atoms with Crippen molar-refractivity contribution in [3.05, 3.63) is 65.4 Å². The predicted octanol–water partition coefficient (Wildman–Crippen LogP) is 4.22. The van der Waals surface area contributed by atoms with Crippen molar-refractivity contribution in [2.75, 3.05) is 20.3 Å². The maximum atomic E-state index is 12.8. The smallest absolute Gasteiger partial charge is 0.276 e. The van der Waals surface area contributed by atoms with E-state index in [1.165, 1.54) is 4.90 Å². The molecular weight excluding hydrogens is 416 g/mol. The fourth-order valence-corrected chi connectivity index (χ4v) is 4.72. The molecule has 0 radical (unpaired) electrons. The van der Waals surface area contributed by atoms with Gasteiger partial charge in [0, 0.05) is 22.8 Å². The molecule has 30 heavy (non-hydrogen) atoms. The number of ether oxygens (including phenoxy) is 2. The van der Waals surface area contributed by atoms with Crippen LogP contribution in [-0.2, 0) is 15.3 Å². The Bertz CT molecular complexity index is 956. The van der Waals surface area contributed by atoms with Crippen LogP contribution >= 0.6 is 24.0 Å². The number of methoxy groups -OCH3 is 1.